The number of amides is 1. The molecule has 1 amide bonds. The molecule has 3 aromatic rings. The molecular formula is C28H32N2O4S. The van der Waals surface area contributed by atoms with E-state index in [2.05, 4.69) is 0 Å². The molecule has 4 rings (SSSR count). The lowest BCUT2D eigenvalue weighted by Gasteiger charge is -2.34. The Hall–Kier alpha value is -3.16. The summed E-state index contributed by atoms with van der Waals surface area (Å²) in [5.41, 5.74) is 2.10. The van der Waals surface area contributed by atoms with Crippen LogP contribution in [0.4, 0.5) is 0 Å². The van der Waals surface area contributed by atoms with Crippen LogP contribution < -0.4 is 4.74 Å². The maximum Gasteiger partial charge on any atom is 0.243 e. The van der Waals surface area contributed by atoms with E-state index in [-0.39, 0.29) is 23.3 Å². The Kier molecular flexibility index (Phi) is 8.21. The van der Waals surface area contributed by atoms with Crippen molar-refractivity contribution in [3.8, 4) is 5.75 Å². The lowest BCUT2D eigenvalue weighted by Crippen LogP contribution is -2.46. The fourth-order valence-corrected chi connectivity index (χ4v) is 5.99. The number of ether oxygens (including phenoxy) is 1. The molecule has 0 radical (unpaired) electrons. The SMILES string of the molecule is CCOc1ccc(S(=O)(=O)N2CCC[C@@H](C(=O)N(Cc3ccccc3)Cc3ccccc3)C2)cc1. The van der Waals surface area contributed by atoms with Crippen molar-refractivity contribution in [2.45, 2.75) is 37.8 Å². The molecule has 3 aromatic carbocycles. The first-order chi connectivity index (χ1) is 17.0. The number of benzene rings is 3. The summed E-state index contributed by atoms with van der Waals surface area (Å²) in [7, 11) is -3.70. The number of rotatable bonds is 9. The maximum absolute atomic E-state index is 13.7. The van der Waals surface area contributed by atoms with Crippen LogP contribution >= 0.6 is 0 Å². The highest BCUT2D eigenvalue weighted by molar-refractivity contribution is 7.89. The number of hydrogen-bond donors (Lipinski definition) is 0. The Morgan fingerprint density at radius 3 is 2.03 bits per heavy atom. The predicted octanol–water partition coefficient (Wildman–Crippen LogP) is 4.72. The van der Waals surface area contributed by atoms with Crippen molar-refractivity contribution in [2.24, 2.45) is 5.92 Å². The molecule has 1 heterocycles. The number of hydrogen-bond acceptors (Lipinski definition) is 4. The van der Waals surface area contributed by atoms with Gasteiger partial charge < -0.3 is 9.64 Å². The highest BCUT2D eigenvalue weighted by Gasteiger charge is 2.35. The molecule has 184 valence electrons. The third-order valence-electron chi connectivity index (χ3n) is 6.25. The van der Waals surface area contributed by atoms with Gasteiger partial charge in [0.1, 0.15) is 5.75 Å². The molecule has 1 aliphatic rings. The summed E-state index contributed by atoms with van der Waals surface area (Å²) in [6, 6.07) is 26.3. The molecule has 6 nitrogen and oxygen atoms in total. The van der Waals surface area contributed by atoms with E-state index < -0.39 is 10.0 Å². The number of carbonyl (C=O) groups excluding carboxylic acids is 1. The minimum Gasteiger partial charge on any atom is -0.494 e. The van der Waals surface area contributed by atoms with Gasteiger partial charge in [-0.25, -0.2) is 8.42 Å². The third kappa shape index (κ3) is 6.29. The molecule has 0 aromatic heterocycles. The first-order valence-corrected chi connectivity index (χ1v) is 13.5. The molecule has 0 unspecified atom stereocenters. The van der Waals surface area contributed by atoms with E-state index in [4.69, 9.17) is 4.74 Å². The summed E-state index contributed by atoms with van der Waals surface area (Å²) in [5.74, 6) is 0.244. The van der Waals surface area contributed by atoms with Crippen molar-refractivity contribution in [1.82, 2.24) is 9.21 Å². The van der Waals surface area contributed by atoms with Gasteiger partial charge in [0.15, 0.2) is 0 Å². The monoisotopic (exact) mass is 492 g/mol. The fraction of sp³-hybridized carbons (Fsp3) is 0.321. The second kappa shape index (κ2) is 11.5. The molecule has 0 spiro atoms. The fourth-order valence-electron chi connectivity index (χ4n) is 4.46. The minimum absolute atomic E-state index is 0.00991. The molecule has 1 aliphatic heterocycles. The standard InChI is InChI=1S/C28H32N2O4S/c1-2-34-26-15-17-27(18-16-26)35(32,33)30-19-9-14-25(22-30)28(31)29(20-23-10-5-3-6-11-23)21-24-12-7-4-8-13-24/h3-8,10-13,15-18,25H,2,9,14,19-22H2,1H3/t25-/m1/s1. The Bertz CT molecular complexity index is 1160. The number of sulfonamides is 1. The van der Waals surface area contributed by atoms with Gasteiger partial charge in [-0.3, -0.25) is 4.79 Å². The molecule has 7 heteroatoms. The summed E-state index contributed by atoms with van der Waals surface area (Å²) in [4.78, 5) is 15.8. The molecule has 1 fully saturated rings. The second-order valence-corrected chi connectivity index (χ2v) is 10.7. The van der Waals surface area contributed by atoms with Crippen LogP contribution in [0.5, 0.6) is 5.75 Å². The Morgan fingerprint density at radius 2 is 1.49 bits per heavy atom. The molecule has 0 bridgehead atoms. The van der Waals surface area contributed by atoms with Gasteiger partial charge in [0.25, 0.3) is 0 Å². The van der Waals surface area contributed by atoms with Crippen molar-refractivity contribution in [3.63, 3.8) is 0 Å². The maximum atomic E-state index is 13.7. The number of carbonyl (C=O) groups is 1. The van der Waals surface area contributed by atoms with E-state index in [1.54, 1.807) is 24.3 Å². The quantitative estimate of drug-likeness (QED) is 0.434. The largest absolute Gasteiger partial charge is 0.494 e. The number of piperidine rings is 1. The summed E-state index contributed by atoms with van der Waals surface area (Å²) in [6.07, 6.45) is 1.32. The lowest BCUT2D eigenvalue weighted by atomic mass is 9.97. The van der Waals surface area contributed by atoms with Gasteiger partial charge in [-0.1, -0.05) is 60.7 Å². The molecule has 0 aliphatic carbocycles. The first kappa shape index (κ1) is 24.9. The van der Waals surface area contributed by atoms with Gasteiger partial charge in [0, 0.05) is 26.2 Å². The van der Waals surface area contributed by atoms with Gasteiger partial charge >= 0.3 is 0 Å². The minimum atomic E-state index is -3.70. The van der Waals surface area contributed by atoms with Crippen molar-refractivity contribution < 1.29 is 17.9 Å². The van der Waals surface area contributed by atoms with Gasteiger partial charge in [0.05, 0.1) is 17.4 Å². The Morgan fingerprint density at radius 1 is 0.914 bits per heavy atom. The molecular weight excluding hydrogens is 460 g/mol. The van der Waals surface area contributed by atoms with E-state index >= 15 is 0 Å². The zero-order valence-electron chi connectivity index (χ0n) is 20.0. The lowest BCUT2D eigenvalue weighted by molar-refractivity contribution is -0.138. The smallest absolute Gasteiger partial charge is 0.243 e. The van der Waals surface area contributed by atoms with E-state index in [0.717, 1.165) is 11.1 Å². The normalized spacial score (nSPS) is 16.5. The zero-order valence-corrected chi connectivity index (χ0v) is 20.9. The predicted molar refractivity (Wildman–Crippen MR) is 136 cm³/mol. The summed E-state index contributed by atoms with van der Waals surface area (Å²) in [5, 5.41) is 0. The van der Waals surface area contributed by atoms with Gasteiger partial charge in [-0.2, -0.15) is 4.31 Å². The Labute approximate surface area is 208 Å². The van der Waals surface area contributed by atoms with E-state index in [0.29, 0.717) is 44.8 Å². The highest BCUT2D eigenvalue weighted by atomic mass is 32.2. The van der Waals surface area contributed by atoms with Crippen molar-refractivity contribution in [1.29, 1.82) is 0 Å². The second-order valence-electron chi connectivity index (χ2n) is 8.77. The zero-order chi connectivity index (χ0) is 24.7. The average Bonchev–Trinajstić information content (AvgIpc) is 2.90. The van der Waals surface area contributed by atoms with Gasteiger partial charge in [-0.15, -0.1) is 0 Å². The molecule has 0 N–H and O–H groups in total. The summed E-state index contributed by atoms with van der Waals surface area (Å²) >= 11 is 0. The van der Waals surface area contributed by atoms with Crippen LogP contribution in [0.1, 0.15) is 30.9 Å². The van der Waals surface area contributed by atoms with Crippen LogP contribution in [0.3, 0.4) is 0 Å². The highest BCUT2D eigenvalue weighted by Crippen LogP contribution is 2.27. The molecule has 0 saturated carbocycles. The van der Waals surface area contributed by atoms with Gasteiger partial charge in [0.2, 0.25) is 15.9 Å². The van der Waals surface area contributed by atoms with Crippen LogP contribution in [-0.2, 0) is 27.9 Å². The van der Waals surface area contributed by atoms with Crippen molar-refractivity contribution in [2.75, 3.05) is 19.7 Å². The van der Waals surface area contributed by atoms with E-state index in [1.165, 1.54) is 4.31 Å². The van der Waals surface area contributed by atoms with Crippen molar-refractivity contribution in [3.05, 3.63) is 96.1 Å². The van der Waals surface area contributed by atoms with Crippen LogP contribution in [0, 0.1) is 5.92 Å². The van der Waals surface area contributed by atoms with Crippen molar-refractivity contribution >= 4 is 15.9 Å². The van der Waals surface area contributed by atoms with E-state index in [1.807, 2.05) is 72.5 Å². The van der Waals surface area contributed by atoms with Crippen LogP contribution in [0.2, 0.25) is 0 Å². The topological polar surface area (TPSA) is 66.9 Å². The van der Waals surface area contributed by atoms with Gasteiger partial charge in [-0.05, 0) is 55.2 Å². The average molecular weight is 493 g/mol. The van der Waals surface area contributed by atoms with E-state index in [9.17, 15) is 13.2 Å². The van der Waals surface area contributed by atoms with Crippen LogP contribution in [0.25, 0.3) is 0 Å². The molecule has 1 atom stereocenters. The Balaban J connectivity index is 1.52. The molecule has 35 heavy (non-hydrogen) atoms. The summed E-state index contributed by atoms with van der Waals surface area (Å²) in [6.45, 7) is 3.97. The summed E-state index contributed by atoms with van der Waals surface area (Å²) < 4.78 is 33.6. The first-order valence-electron chi connectivity index (χ1n) is 12.1. The van der Waals surface area contributed by atoms with Crippen LogP contribution in [-0.4, -0.2) is 43.2 Å². The third-order valence-corrected chi connectivity index (χ3v) is 8.13. The van der Waals surface area contributed by atoms with Crippen LogP contribution in [0.15, 0.2) is 89.8 Å². The molecule has 1 saturated heterocycles. The number of nitrogens with zero attached hydrogens (tertiary/aromatic N) is 2.